The van der Waals surface area contributed by atoms with E-state index in [2.05, 4.69) is 16.5 Å². The maximum Gasteiger partial charge on any atom is 0.411 e. The molecule has 0 N–H and O–H groups in total. The molecule has 3 rings (SSSR count). The SMILES string of the molecule is C=C[C@H]1CN(c2ncc3c(n2)CCS3(=O)=O)C[C@@H](C)N1C(=O)OC(C)(C)C. The number of amides is 1. The Morgan fingerprint density at radius 1 is 1.37 bits per heavy atom. The molecule has 1 saturated heterocycles. The Balaban J connectivity index is 1.82. The number of ether oxygens (including phenoxy) is 1. The number of fused-ring (bicyclic) bond motifs is 1. The van der Waals surface area contributed by atoms with Gasteiger partial charge in [-0.3, -0.25) is 4.90 Å². The van der Waals surface area contributed by atoms with Crippen LogP contribution >= 0.6 is 0 Å². The third-order valence-corrected chi connectivity index (χ3v) is 6.40. The second kappa shape index (κ2) is 6.78. The van der Waals surface area contributed by atoms with Gasteiger partial charge in [-0.2, -0.15) is 0 Å². The van der Waals surface area contributed by atoms with Crippen molar-refractivity contribution in [2.24, 2.45) is 0 Å². The van der Waals surface area contributed by atoms with Gasteiger partial charge in [-0.15, -0.1) is 6.58 Å². The summed E-state index contributed by atoms with van der Waals surface area (Å²) in [6, 6.07) is -0.402. The quantitative estimate of drug-likeness (QED) is 0.706. The molecule has 0 aromatic carbocycles. The summed E-state index contributed by atoms with van der Waals surface area (Å²) in [6.07, 6.45) is 3.14. The van der Waals surface area contributed by atoms with Crippen LogP contribution in [0.5, 0.6) is 0 Å². The van der Waals surface area contributed by atoms with Crippen molar-refractivity contribution >= 4 is 21.9 Å². The molecule has 0 spiro atoms. The number of hydrogen-bond acceptors (Lipinski definition) is 7. The van der Waals surface area contributed by atoms with E-state index >= 15 is 0 Å². The lowest BCUT2D eigenvalue weighted by Gasteiger charge is -2.44. The fourth-order valence-corrected chi connectivity index (χ4v) is 4.83. The van der Waals surface area contributed by atoms with Crippen molar-refractivity contribution in [3.05, 3.63) is 24.5 Å². The number of piperazine rings is 1. The van der Waals surface area contributed by atoms with Crippen molar-refractivity contribution < 1.29 is 17.9 Å². The number of aryl methyl sites for hydroxylation is 1. The largest absolute Gasteiger partial charge is 0.444 e. The number of nitrogens with zero attached hydrogens (tertiary/aromatic N) is 4. The molecule has 0 aliphatic carbocycles. The smallest absolute Gasteiger partial charge is 0.411 e. The lowest BCUT2D eigenvalue weighted by molar-refractivity contribution is 0.00864. The molecule has 3 heterocycles. The second-order valence-electron chi connectivity index (χ2n) is 7.99. The summed E-state index contributed by atoms with van der Waals surface area (Å²) in [5.74, 6) is 0.562. The Bertz CT molecular complexity index is 863. The van der Waals surface area contributed by atoms with E-state index in [-0.39, 0.29) is 28.8 Å². The molecule has 1 amide bonds. The summed E-state index contributed by atoms with van der Waals surface area (Å²) in [5.41, 5.74) is -0.00814. The number of carbonyl (C=O) groups excluding carboxylic acids is 1. The standard InChI is InChI=1S/C18H26N4O4S/c1-6-13-11-21(10-12(2)22(13)17(23)26-18(3,4)5)16-19-9-15-14(20-16)7-8-27(15,24)25/h6,9,12-13H,1,7-8,10-11H2,2-5H3/t12-,13+/m1/s1. The Morgan fingerprint density at radius 3 is 2.70 bits per heavy atom. The van der Waals surface area contributed by atoms with Crippen LogP contribution in [0.4, 0.5) is 10.7 Å². The zero-order valence-electron chi connectivity index (χ0n) is 16.2. The first-order chi connectivity index (χ1) is 12.5. The van der Waals surface area contributed by atoms with Gasteiger partial charge in [-0.25, -0.2) is 23.2 Å². The highest BCUT2D eigenvalue weighted by Gasteiger charge is 2.38. The summed E-state index contributed by atoms with van der Waals surface area (Å²) in [6.45, 7) is 12.3. The average molecular weight is 394 g/mol. The summed E-state index contributed by atoms with van der Waals surface area (Å²) < 4.78 is 29.4. The van der Waals surface area contributed by atoms with Crippen molar-refractivity contribution in [3.8, 4) is 0 Å². The van der Waals surface area contributed by atoms with Crippen molar-refractivity contribution in [2.45, 2.75) is 56.7 Å². The molecule has 0 radical (unpaired) electrons. The van der Waals surface area contributed by atoms with Crippen molar-refractivity contribution in [1.29, 1.82) is 0 Å². The normalized spacial score (nSPS) is 24.4. The van der Waals surface area contributed by atoms with Gasteiger partial charge in [0.1, 0.15) is 10.5 Å². The van der Waals surface area contributed by atoms with Crippen LogP contribution < -0.4 is 4.90 Å². The number of anilines is 1. The molecule has 9 heteroatoms. The number of carbonyl (C=O) groups is 1. The monoisotopic (exact) mass is 394 g/mol. The minimum absolute atomic E-state index is 0.0819. The third kappa shape index (κ3) is 3.92. The van der Waals surface area contributed by atoms with E-state index in [0.717, 1.165) is 0 Å². The van der Waals surface area contributed by atoms with Crippen molar-refractivity contribution in [1.82, 2.24) is 14.9 Å². The average Bonchev–Trinajstić information content (AvgIpc) is 2.87. The number of hydrogen-bond donors (Lipinski definition) is 0. The molecule has 148 valence electrons. The second-order valence-corrected chi connectivity index (χ2v) is 10.1. The maximum atomic E-state index is 12.6. The highest BCUT2D eigenvalue weighted by Crippen LogP contribution is 2.27. The van der Waals surface area contributed by atoms with Gasteiger partial charge in [0.25, 0.3) is 0 Å². The minimum Gasteiger partial charge on any atom is -0.444 e. The molecule has 27 heavy (non-hydrogen) atoms. The fourth-order valence-electron chi connectivity index (χ4n) is 3.43. The van der Waals surface area contributed by atoms with Gasteiger partial charge in [0.2, 0.25) is 5.95 Å². The van der Waals surface area contributed by atoms with E-state index < -0.39 is 15.4 Å². The number of sulfone groups is 1. The summed E-state index contributed by atoms with van der Waals surface area (Å²) >= 11 is 0. The molecule has 0 unspecified atom stereocenters. The van der Waals surface area contributed by atoms with Crippen LogP contribution in [0.15, 0.2) is 23.7 Å². The fraction of sp³-hybridized carbons (Fsp3) is 0.611. The van der Waals surface area contributed by atoms with Crippen LogP contribution in [0.1, 0.15) is 33.4 Å². The van der Waals surface area contributed by atoms with E-state index in [4.69, 9.17) is 4.74 Å². The topological polar surface area (TPSA) is 92.7 Å². The molecule has 1 fully saturated rings. The Kier molecular flexibility index (Phi) is 4.92. The summed E-state index contributed by atoms with van der Waals surface area (Å²) in [5, 5.41) is 0. The summed E-state index contributed by atoms with van der Waals surface area (Å²) in [7, 11) is -3.25. The van der Waals surface area contributed by atoms with Crippen molar-refractivity contribution in [2.75, 3.05) is 23.7 Å². The molecule has 8 nitrogen and oxygen atoms in total. The van der Waals surface area contributed by atoms with Gasteiger partial charge in [-0.05, 0) is 27.7 Å². The lowest BCUT2D eigenvalue weighted by atomic mass is 10.1. The van der Waals surface area contributed by atoms with E-state index in [1.54, 1.807) is 11.0 Å². The molecular weight excluding hydrogens is 368 g/mol. The van der Waals surface area contributed by atoms with Crippen LogP contribution in [0.25, 0.3) is 0 Å². The van der Waals surface area contributed by atoms with E-state index in [1.165, 1.54) is 6.20 Å². The minimum atomic E-state index is -3.25. The summed E-state index contributed by atoms with van der Waals surface area (Å²) in [4.78, 5) is 25.2. The zero-order chi connectivity index (χ0) is 20.0. The van der Waals surface area contributed by atoms with Gasteiger partial charge in [-0.1, -0.05) is 6.08 Å². The third-order valence-electron chi connectivity index (χ3n) is 4.64. The lowest BCUT2D eigenvalue weighted by Crippen LogP contribution is -2.60. The molecule has 0 saturated carbocycles. The van der Waals surface area contributed by atoms with E-state index in [0.29, 0.717) is 31.2 Å². The molecule has 0 bridgehead atoms. The molecule has 1 aromatic rings. The van der Waals surface area contributed by atoms with Crippen LogP contribution in [0, 0.1) is 0 Å². The Labute approximate surface area is 160 Å². The Hall–Kier alpha value is -2.16. The van der Waals surface area contributed by atoms with Crippen LogP contribution in [-0.4, -0.2) is 65.9 Å². The molecule has 2 atom stereocenters. The predicted molar refractivity (Wildman–Crippen MR) is 102 cm³/mol. The number of rotatable bonds is 2. The van der Waals surface area contributed by atoms with Gasteiger partial charge >= 0.3 is 6.09 Å². The van der Waals surface area contributed by atoms with Crippen LogP contribution in [0.3, 0.4) is 0 Å². The highest BCUT2D eigenvalue weighted by molar-refractivity contribution is 7.91. The molecule has 2 aliphatic rings. The maximum absolute atomic E-state index is 12.6. The number of aromatic nitrogens is 2. The first-order valence-electron chi connectivity index (χ1n) is 8.99. The predicted octanol–water partition coefficient (Wildman–Crippen LogP) is 1.81. The zero-order valence-corrected chi connectivity index (χ0v) is 17.0. The van der Waals surface area contributed by atoms with E-state index in [1.807, 2.05) is 32.6 Å². The van der Waals surface area contributed by atoms with Gasteiger partial charge in [0, 0.05) is 19.5 Å². The molecule has 2 aliphatic heterocycles. The first kappa shape index (κ1) is 19.6. The molecule has 1 aromatic heterocycles. The van der Waals surface area contributed by atoms with E-state index in [9.17, 15) is 13.2 Å². The van der Waals surface area contributed by atoms with Crippen molar-refractivity contribution in [3.63, 3.8) is 0 Å². The molecular formula is C18H26N4O4S. The van der Waals surface area contributed by atoms with Gasteiger partial charge < -0.3 is 9.64 Å². The first-order valence-corrected chi connectivity index (χ1v) is 10.6. The van der Waals surface area contributed by atoms with Gasteiger partial charge in [0.05, 0.1) is 29.7 Å². The highest BCUT2D eigenvalue weighted by atomic mass is 32.2. The van der Waals surface area contributed by atoms with Gasteiger partial charge in [0.15, 0.2) is 9.84 Å². The van der Waals surface area contributed by atoms with Crippen LogP contribution in [0.2, 0.25) is 0 Å². The Morgan fingerprint density at radius 2 is 2.07 bits per heavy atom. The van der Waals surface area contributed by atoms with Crippen LogP contribution in [-0.2, 0) is 21.0 Å².